The van der Waals surface area contributed by atoms with Crippen LogP contribution in [-0.2, 0) is 0 Å². The molecular formula is C15H22N2O3. The van der Waals surface area contributed by atoms with Crippen molar-refractivity contribution in [3.8, 4) is 5.75 Å². The molecule has 0 bridgehead atoms. The van der Waals surface area contributed by atoms with E-state index < -0.39 is 6.10 Å². The summed E-state index contributed by atoms with van der Waals surface area (Å²) in [6, 6.07) is 7.24. The highest BCUT2D eigenvalue weighted by atomic mass is 16.5. The maximum absolute atomic E-state index is 11.7. The van der Waals surface area contributed by atoms with Crippen molar-refractivity contribution in [2.45, 2.75) is 37.8 Å². The van der Waals surface area contributed by atoms with Gasteiger partial charge in [-0.3, -0.25) is 0 Å². The third-order valence-electron chi connectivity index (χ3n) is 3.65. The summed E-state index contributed by atoms with van der Waals surface area (Å²) < 4.78 is 5.06. The van der Waals surface area contributed by atoms with Crippen molar-refractivity contribution in [2.75, 3.05) is 13.7 Å². The van der Waals surface area contributed by atoms with E-state index in [0.717, 1.165) is 24.2 Å². The lowest BCUT2D eigenvalue weighted by Gasteiger charge is -2.16. The maximum atomic E-state index is 11.7. The molecule has 0 spiro atoms. The van der Waals surface area contributed by atoms with Gasteiger partial charge in [-0.25, -0.2) is 4.79 Å². The van der Waals surface area contributed by atoms with Crippen LogP contribution in [0.15, 0.2) is 24.3 Å². The molecule has 0 aromatic heterocycles. The highest BCUT2D eigenvalue weighted by Crippen LogP contribution is 2.18. The normalized spacial score (nSPS) is 16.7. The number of amides is 2. The first-order chi connectivity index (χ1) is 9.69. The molecule has 0 saturated heterocycles. The zero-order valence-electron chi connectivity index (χ0n) is 11.8. The molecule has 1 fully saturated rings. The van der Waals surface area contributed by atoms with E-state index in [1.54, 1.807) is 31.4 Å². The van der Waals surface area contributed by atoms with Gasteiger partial charge in [0.1, 0.15) is 5.75 Å². The lowest BCUT2D eigenvalue weighted by atomic mass is 10.1. The van der Waals surface area contributed by atoms with Crippen LogP contribution < -0.4 is 15.4 Å². The van der Waals surface area contributed by atoms with Gasteiger partial charge in [0.25, 0.3) is 0 Å². The van der Waals surface area contributed by atoms with E-state index in [4.69, 9.17) is 4.74 Å². The number of carbonyl (C=O) groups is 1. The topological polar surface area (TPSA) is 70.6 Å². The summed E-state index contributed by atoms with van der Waals surface area (Å²) in [5, 5.41) is 15.6. The van der Waals surface area contributed by atoms with Crippen LogP contribution in [0.3, 0.4) is 0 Å². The number of aliphatic hydroxyl groups excluding tert-OH is 1. The summed E-state index contributed by atoms with van der Waals surface area (Å²) in [6.45, 7) is 0.199. The molecule has 1 aromatic rings. The minimum absolute atomic E-state index is 0.199. The summed E-state index contributed by atoms with van der Waals surface area (Å²) in [5.74, 6) is 0.743. The molecule has 3 N–H and O–H groups in total. The number of hydrogen-bond acceptors (Lipinski definition) is 3. The van der Waals surface area contributed by atoms with Crippen LogP contribution in [0.2, 0.25) is 0 Å². The van der Waals surface area contributed by atoms with E-state index in [1.165, 1.54) is 12.8 Å². The highest BCUT2D eigenvalue weighted by molar-refractivity contribution is 5.74. The lowest BCUT2D eigenvalue weighted by Crippen LogP contribution is -2.42. The molecule has 1 atom stereocenters. The Balaban J connectivity index is 1.75. The Hall–Kier alpha value is -1.75. The van der Waals surface area contributed by atoms with Gasteiger partial charge < -0.3 is 20.5 Å². The maximum Gasteiger partial charge on any atom is 0.315 e. The zero-order valence-corrected chi connectivity index (χ0v) is 11.8. The van der Waals surface area contributed by atoms with Gasteiger partial charge in [0.05, 0.1) is 13.2 Å². The molecule has 0 aliphatic heterocycles. The second-order valence-electron chi connectivity index (χ2n) is 5.12. The van der Waals surface area contributed by atoms with Crippen LogP contribution in [0.25, 0.3) is 0 Å². The van der Waals surface area contributed by atoms with Crippen LogP contribution in [0, 0.1) is 0 Å². The number of benzene rings is 1. The Morgan fingerprint density at radius 1 is 1.35 bits per heavy atom. The number of rotatable bonds is 5. The Bertz CT molecular complexity index is 427. The van der Waals surface area contributed by atoms with Crippen LogP contribution in [-0.4, -0.2) is 30.8 Å². The number of nitrogens with one attached hydrogen (secondary N) is 2. The van der Waals surface area contributed by atoms with E-state index in [-0.39, 0.29) is 18.6 Å². The van der Waals surface area contributed by atoms with Crippen LogP contribution in [0.1, 0.15) is 37.4 Å². The van der Waals surface area contributed by atoms with Gasteiger partial charge in [-0.1, -0.05) is 25.0 Å². The Labute approximate surface area is 119 Å². The molecule has 1 aliphatic carbocycles. The summed E-state index contributed by atoms with van der Waals surface area (Å²) in [7, 11) is 1.60. The number of hydrogen-bond donors (Lipinski definition) is 3. The van der Waals surface area contributed by atoms with Gasteiger partial charge in [0, 0.05) is 12.6 Å². The first-order valence-corrected chi connectivity index (χ1v) is 7.05. The minimum atomic E-state index is -0.713. The average Bonchev–Trinajstić information content (AvgIpc) is 2.97. The second kappa shape index (κ2) is 7.14. The standard InChI is InChI=1S/C15H22N2O3/c1-20-13-8-6-11(7-9-13)14(18)10-16-15(19)17-12-4-2-3-5-12/h6-9,12,14,18H,2-5,10H2,1H3,(H2,16,17,19). The molecule has 1 aliphatic rings. The van der Waals surface area contributed by atoms with E-state index in [2.05, 4.69) is 10.6 Å². The van der Waals surface area contributed by atoms with Crippen molar-refractivity contribution >= 4 is 6.03 Å². The number of ether oxygens (including phenoxy) is 1. The smallest absolute Gasteiger partial charge is 0.315 e. The van der Waals surface area contributed by atoms with E-state index in [9.17, 15) is 9.90 Å². The van der Waals surface area contributed by atoms with E-state index >= 15 is 0 Å². The van der Waals surface area contributed by atoms with Crippen LogP contribution in [0.5, 0.6) is 5.75 Å². The van der Waals surface area contributed by atoms with Crippen molar-refractivity contribution in [1.29, 1.82) is 0 Å². The van der Waals surface area contributed by atoms with Crippen molar-refractivity contribution in [1.82, 2.24) is 10.6 Å². The molecule has 0 heterocycles. The first-order valence-electron chi connectivity index (χ1n) is 7.05. The molecular weight excluding hydrogens is 256 g/mol. The van der Waals surface area contributed by atoms with Crippen LogP contribution >= 0.6 is 0 Å². The predicted molar refractivity (Wildman–Crippen MR) is 76.7 cm³/mol. The lowest BCUT2D eigenvalue weighted by molar-refractivity contribution is 0.172. The van der Waals surface area contributed by atoms with Gasteiger partial charge in [0.15, 0.2) is 0 Å². The molecule has 5 nitrogen and oxygen atoms in total. The van der Waals surface area contributed by atoms with Gasteiger partial charge in [-0.2, -0.15) is 0 Å². The van der Waals surface area contributed by atoms with Crippen molar-refractivity contribution < 1.29 is 14.6 Å². The van der Waals surface area contributed by atoms with Gasteiger partial charge in [-0.15, -0.1) is 0 Å². The van der Waals surface area contributed by atoms with Crippen molar-refractivity contribution in [3.63, 3.8) is 0 Å². The molecule has 2 amide bonds. The number of methoxy groups -OCH3 is 1. The fraction of sp³-hybridized carbons (Fsp3) is 0.533. The summed E-state index contributed by atoms with van der Waals surface area (Å²) in [4.78, 5) is 11.7. The fourth-order valence-electron chi connectivity index (χ4n) is 2.44. The first kappa shape index (κ1) is 14.7. The SMILES string of the molecule is COc1ccc(C(O)CNC(=O)NC2CCCC2)cc1. The molecule has 5 heteroatoms. The van der Waals surface area contributed by atoms with Crippen LogP contribution in [0.4, 0.5) is 4.79 Å². The third kappa shape index (κ3) is 4.13. The largest absolute Gasteiger partial charge is 0.497 e. The highest BCUT2D eigenvalue weighted by Gasteiger charge is 2.17. The average molecular weight is 278 g/mol. The molecule has 1 unspecified atom stereocenters. The number of aliphatic hydroxyl groups is 1. The Morgan fingerprint density at radius 2 is 2.00 bits per heavy atom. The Kier molecular flexibility index (Phi) is 5.24. The zero-order chi connectivity index (χ0) is 14.4. The minimum Gasteiger partial charge on any atom is -0.497 e. The molecule has 110 valence electrons. The van der Waals surface area contributed by atoms with E-state index in [1.807, 2.05) is 0 Å². The molecule has 1 saturated carbocycles. The van der Waals surface area contributed by atoms with Crippen molar-refractivity contribution in [3.05, 3.63) is 29.8 Å². The molecule has 2 rings (SSSR count). The summed E-state index contributed by atoms with van der Waals surface area (Å²) in [5.41, 5.74) is 0.756. The summed E-state index contributed by atoms with van der Waals surface area (Å²) in [6.07, 6.45) is 3.75. The Morgan fingerprint density at radius 3 is 2.60 bits per heavy atom. The predicted octanol–water partition coefficient (Wildman–Crippen LogP) is 1.97. The second-order valence-corrected chi connectivity index (χ2v) is 5.12. The van der Waals surface area contributed by atoms with E-state index in [0.29, 0.717) is 0 Å². The quantitative estimate of drug-likeness (QED) is 0.771. The van der Waals surface area contributed by atoms with Gasteiger partial charge >= 0.3 is 6.03 Å². The molecule has 0 radical (unpaired) electrons. The summed E-state index contributed by atoms with van der Waals surface area (Å²) >= 11 is 0. The van der Waals surface area contributed by atoms with Gasteiger partial charge in [-0.05, 0) is 30.5 Å². The third-order valence-corrected chi connectivity index (χ3v) is 3.65. The monoisotopic (exact) mass is 278 g/mol. The number of carbonyl (C=O) groups excluding carboxylic acids is 1. The number of urea groups is 1. The molecule has 20 heavy (non-hydrogen) atoms. The molecule has 1 aromatic carbocycles. The fourth-order valence-corrected chi connectivity index (χ4v) is 2.44. The van der Waals surface area contributed by atoms with Crippen molar-refractivity contribution in [2.24, 2.45) is 0 Å². The van der Waals surface area contributed by atoms with Gasteiger partial charge in [0.2, 0.25) is 0 Å².